The number of aliphatic hydroxyl groups excluding tert-OH is 1. The van der Waals surface area contributed by atoms with Crippen molar-refractivity contribution in [3.63, 3.8) is 0 Å². The molecule has 3 saturated heterocycles. The highest BCUT2D eigenvalue weighted by atomic mass is 16.5. The molecular weight excluding hydrogens is 668 g/mol. The Morgan fingerprint density at radius 2 is 1.83 bits per heavy atom. The Balaban J connectivity index is 1.31. The fourth-order valence-electron chi connectivity index (χ4n) is 12.5. The number of aliphatic hydroxyl groups is 1. The van der Waals surface area contributed by atoms with E-state index in [-0.39, 0.29) is 53.6 Å². The van der Waals surface area contributed by atoms with Crippen LogP contribution in [0.25, 0.3) is 21.8 Å². The molecule has 0 amide bonds. The number of carbonyl (C=O) groups is 2. The van der Waals surface area contributed by atoms with Crippen LogP contribution in [0.1, 0.15) is 73.5 Å². The van der Waals surface area contributed by atoms with Gasteiger partial charge in [-0.3, -0.25) is 14.5 Å². The zero-order valence-electron chi connectivity index (χ0n) is 31.9. The van der Waals surface area contributed by atoms with E-state index in [0.717, 1.165) is 90.7 Å². The molecule has 0 radical (unpaired) electrons. The topological polar surface area (TPSA) is 120 Å². The lowest BCUT2D eigenvalue weighted by Crippen LogP contribution is -2.68. The summed E-state index contributed by atoms with van der Waals surface area (Å²) in [4.78, 5) is 41.1. The number of methoxy groups -OCH3 is 3. The minimum Gasteiger partial charge on any atom is -0.496 e. The monoisotopic (exact) mass is 722 g/mol. The number of carbonyl (C=O) groups excluding carboxylic acids is 2. The molecular formula is C43H54N4O6. The number of fused-ring (bicyclic) bond motifs is 9. The van der Waals surface area contributed by atoms with Gasteiger partial charge < -0.3 is 34.2 Å². The highest BCUT2D eigenvalue weighted by molar-refractivity contribution is 5.95. The van der Waals surface area contributed by atoms with Gasteiger partial charge in [-0.15, -0.1) is 0 Å². The molecule has 0 spiro atoms. The molecule has 2 aromatic carbocycles. The Labute approximate surface area is 311 Å². The minimum atomic E-state index is -0.926. The standard InChI is InChI=1S/C43H54N4O6/c1-7-24-21-46(3)33-18-30-25-10-8-9-11-32(25)44-37(30)31(17-29(24)35(33)41(49)52-5)36-34(51-4)13-12-26-27-14-15-47-20-23-16-28(22(2)48)40(47)43(19-23,42(50)53-6)39(27)45-38(26)36/h8-13,22-24,28-29,31,33,35,40,44-45,48H,7,14-21H2,1-6H3/t22-,23-,24-,28-,29-,31+,33-,35+,40+,43-/m0/s1. The number of likely N-dealkylation sites (tertiary alicyclic amines) is 1. The lowest BCUT2D eigenvalue weighted by atomic mass is 9.56. The third-order valence-corrected chi connectivity index (χ3v) is 14.6. The number of hydrogen-bond donors (Lipinski definition) is 3. The van der Waals surface area contributed by atoms with E-state index in [1.165, 1.54) is 30.9 Å². The number of ether oxygens (including phenoxy) is 3. The predicted molar refractivity (Wildman–Crippen MR) is 203 cm³/mol. The normalized spacial score (nSPS) is 34.1. The Hall–Kier alpha value is -3.86. The first-order chi connectivity index (χ1) is 25.6. The number of hydrogen-bond acceptors (Lipinski definition) is 8. The van der Waals surface area contributed by atoms with Crippen LogP contribution < -0.4 is 4.74 Å². The summed E-state index contributed by atoms with van der Waals surface area (Å²) in [6.45, 7) is 6.80. The highest BCUT2D eigenvalue weighted by Crippen LogP contribution is 2.57. The number of rotatable bonds is 6. The third kappa shape index (κ3) is 4.93. The van der Waals surface area contributed by atoms with Crippen molar-refractivity contribution < 1.29 is 28.9 Å². The average molecular weight is 723 g/mol. The number of aromatic amines is 2. The highest BCUT2D eigenvalue weighted by Gasteiger charge is 2.64. The quantitative estimate of drug-likeness (QED) is 0.222. The first-order valence-corrected chi connectivity index (χ1v) is 19.7. The van der Waals surface area contributed by atoms with Gasteiger partial charge in [0.25, 0.3) is 0 Å². The van der Waals surface area contributed by atoms with E-state index in [1.807, 2.05) is 6.92 Å². The van der Waals surface area contributed by atoms with Crippen molar-refractivity contribution in [2.45, 2.75) is 81.9 Å². The average Bonchev–Trinajstić information content (AvgIpc) is 3.70. The van der Waals surface area contributed by atoms with Gasteiger partial charge in [0.15, 0.2) is 0 Å². The summed E-state index contributed by atoms with van der Waals surface area (Å²) < 4.78 is 17.6. The van der Waals surface area contributed by atoms with E-state index in [2.05, 4.69) is 70.1 Å². The molecule has 2 aromatic heterocycles. The minimum absolute atomic E-state index is 0.0137. The van der Waals surface area contributed by atoms with Crippen LogP contribution in [0.5, 0.6) is 5.75 Å². The number of nitrogens with one attached hydrogen (secondary N) is 2. The van der Waals surface area contributed by atoms with Gasteiger partial charge in [-0.1, -0.05) is 31.5 Å². The van der Waals surface area contributed by atoms with E-state index in [4.69, 9.17) is 14.2 Å². The molecule has 2 aliphatic carbocycles. The van der Waals surface area contributed by atoms with Gasteiger partial charge in [0.1, 0.15) is 11.2 Å². The number of nitrogens with zero attached hydrogens (tertiary/aromatic N) is 2. The fourth-order valence-corrected chi connectivity index (χ4v) is 12.5. The lowest BCUT2D eigenvalue weighted by Gasteiger charge is -2.58. The van der Waals surface area contributed by atoms with Gasteiger partial charge in [0.05, 0.1) is 38.9 Å². The van der Waals surface area contributed by atoms with Crippen LogP contribution in [0.2, 0.25) is 0 Å². The molecule has 53 heavy (non-hydrogen) atoms. The van der Waals surface area contributed by atoms with Gasteiger partial charge in [-0.25, -0.2) is 0 Å². The number of piperidine rings is 3. The molecule has 10 rings (SSSR count). The zero-order valence-corrected chi connectivity index (χ0v) is 31.9. The van der Waals surface area contributed by atoms with E-state index in [9.17, 15) is 14.7 Å². The number of benzene rings is 2. The molecule has 3 N–H and O–H groups in total. The number of likely N-dealkylation sites (N-methyl/N-ethyl adjacent to an activating group) is 1. The number of aromatic nitrogens is 2. The molecule has 1 unspecified atom stereocenters. The summed E-state index contributed by atoms with van der Waals surface area (Å²) in [6, 6.07) is 12.6. The molecule has 282 valence electrons. The Kier molecular flexibility index (Phi) is 8.48. The van der Waals surface area contributed by atoms with Crippen LogP contribution in [-0.2, 0) is 37.3 Å². The van der Waals surface area contributed by atoms with E-state index in [0.29, 0.717) is 12.3 Å². The van der Waals surface area contributed by atoms with Gasteiger partial charge in [0, 0.05) is 76.8 Å². The second-order valence-corrected chi connectivity index (χ2v) is 16.9. The molecule has 4 aromatic rings. The summed E-state index contributed by atoms with van der Waals surface area (Å²) in [7, 11) is 6.94. The smallest absolute Gasteiger partial charge is 0.319 e. The maximum absolute atomic E-state index is 14.4. The molecule has 6 aliphatic rings. The van der Waals surface area contributed by atoms with E-state index >= 15 is 0 Å². The lowest BCUT2D eigenvalue weighted by molar-refractivity contribution is -0.166. The van der Waals surface area contributed by atoms with E-state index in [1.54, 1.807) is 7.11 Å². The van der Waals surface area contributed by atoms with Crippen LogP contribution in [0.4, 0.5) is 0 Å². The maximum atomic E-state index is 14.4. The van der Waals surface area contributed by atoms with Crippen LogP contribution in [0.3, 0.4) is 0 Å². The van der Waals surface area contributed by atoms with E-state index < -0.39 is 11.5 Å². The summed E-state index contributed by atoms with van der Waals surface area (Å²) in [5, 5.41) is 13.4. The van der Waals surface area contributed by atoms with Crippen molar-refractivity contribution in [3.05, 3.63) is 64.5 Å². The van der Waals surface area contributed by atoms with Gasteiger partial charge >= 0.3 is 11.9 Å². The Morgan fingerprint density at radius 3 is 2.57 bits per heavy atom. The molecule has 6 bridgehead atoms. The van der Waals surface area contributed by atoms with Crippen molar-refractivity contribution >= 4 is 33.7 Å². The van der Waals surface area contributed by atoms with Crippen LogP contribution in [0, 0.1) is 29.6 Å². The van der Waals surface area contributed by atoms with Crippen molar-refractivity contribution in [1.82, 2.24) is 19.8 Å². The first kappa shape index (κ1) is 34.9. The van der Waals surface area contributed by atoms with Crippen LogP contribution in [-0.4, -0.2) is 103 Å². The first-order valence-electron chi connectivity index (χ1n) is 19.7. The van der Waals surface area contributed by atoms with Crippen molar-refractivity contribution in [3.8, 4) is 5.75 Å². The second kappa shape index (κ2) is 12.9. The maximum Gasteiger partial charge on any atom is 0.319 e. The number of H-pyrrole nitrogens is 2. The molecule has 4 fully saturated rings. The zero-order chi connectivity index (χ0) is 36.9. The van der Waals surface area contributed by atoms with Crippen molar-refractivity contribution in [2.24, 2.45) is 29.6 Å². The van der Waals surface area contributed by atoms with Gasteiger partial charge in [-0.05, 0) is 93.2 Å². The predicted octanol–water partition coefficient (Wildman–Crippen LogP) is 5.54. The summed E-state index contributed by atoms with van der Waals surface area (Å²) >= 11 is 0. The SMILES string of the molecule is CC[C@H]1CN(C)[C@H]2Cc3c([nH]c4ccccc34)[C@@H](c3c(OC)ccc4c5c([nH]c34)[C@@]3(C(=O)OC)C[C@@H]4C[C@@H]([C@H](C)O)[C@H]3N(CC5)C4)C[C@@H]1[C@H]2C(=O)OC. The second-order valence-electron chi connectivity index (χ2n) is 16.9. The molecule has 10 heteroatoms. The number of para-hydroxylation sites is 1. The third-order valence-electron chi connectivity index (χ3n) is 14.6. The van der Waals surface area contributed by atoms with Gasteiger partial charge in [0.2, 0.25) is 0 Å². The Morgan fingerprint density at radius 1 is 1.02 bits per heavy atom. The molecule has 6 heterocycles. The molecule has 4 aliphatic heterocycles. The molecule has 10 nitrogen and oxygen atoms in total. The molecule has 1 saturated carbocycles. The van der Waals surface area contributed by atoms with Crippen LogP contribution in [0.15, 0.2) is 36.4 Å². The van der Waals surface area contributed by atoms with Crippen molar-refractivity contribution in [1.29, 1.82) is 0 Å². The molecule has 11 atom stereocenters. The largest absolute Gasteiger partial charge is 0.496 e. The Bertz CT molecular complexity index is 2090. The summed E-state index contributed by atoms with van der Waals surface area (Å²) in [6.07, 6.45) is 4.29. The number of esters is 2. The van der Waals surface area contributed by atoms with Crippen molar-refractivity contribution in [2.75, 3.05) is 48.0 Å². The van der Waals surface area contributed by atoms with Crippen LogP contribution >= 0.6 is 0 Å². The fraction of sp³-hybridized carbons (Fsp3) is 0.581. The van der Waals surface area contributed by atoms with Gasteiger partial charge in [-0.2, -0.15) is 0 Å². The summed E-state index contributed by atoms with van der Waals surface area (Å²) in [5.41, 5.74) is 6.73. The summed E-state index contributed by atoms with van der Waals surface area (Å²) in [5.74, 6) is 0.665.